The Kier molecular flexibility index (Phi) is 4.24. The Bertz CT molecular complexity index is 296. The minimum atomic E-state index is -1.41. The van der Waals surface area contributed by atoms with Crippen LogP contribution in [-0.4, -0.2) is 46.8 Å². The molecule has 0 aromatic heterocycles. The summed E-state index contributed by atoms with van der Waals surface area (Å²) in [6.07, 6.45) is -0.0241. The molecule has 1 aliphatic rings. The zero-order valence-corrected chi connectivity index (χ0v) is 8.51. The predicted octanol–water partition coefficient (Wildman–Crippen LogP) is -0.790. The molecule has 2 atom stereocenters. The molecule has 1 saturated heterocycles. The molecule has 7 nitrogen and oxygen atoms in total. The molecule has 1 rings (SSSR count). The topological polar surface area (TPSA) is 113 Å². The van der Waals surface area contributed by atoms with Crippen LogP contribution < -0.4 is 5.32 Å². The molecule has 0 spiro atoms. The largest absolute Gasteiger partial charge is 0.481 e. The second kappa shape index (κ2) is 5.45. The Hall–Kier alpha value is -1.63. The van der Waals surface area contributed by atoms with E-state index in [2.05, 4.69) is 5.32 Å². The van der Waals surface area contributed by atoms with Gasteiger partial charge in [0.15, 0.2) is 0 Å². The van der Waals surface area contributed by atoms with E-state index in [0.717, 1.165) is 6.42 Å². The maximum absolute atomic E-state index is 11.4. The van der Waals surface area contributed by atoms with Crippen LogP contribution in [0, 0.1) is 0 Å². The molecule has 1 fully saturated rings. The van der Waals surface area contributed by atoms with Crippen LogP contribution in [0.1, 0.15) is 19.3 Å². The number of aliphatic carboxylic acids is 2. The molecule has 3 N–H and O–H groups in total. The second-order valence-electron chi connectivity index (χ2n) is 3.50. The van der Waals surface area contributed by atoms with Crippen LogP contribution in [0.4, 0.5) is 0 Å². The van der Waals surface area contributed by atoms with E-state index in [1.807, 2.05) is 0 Å². The summed E-state index contributed by atoms with van der Waals surface area (Å²) in [5.74, 6) is -3.21. The average Bonchev–Trinajstić information content (AvgIpc) is 2.68. The Morgan fingerprint density at radius 1 is 1.38 bits per heavy atom. The fraction of sp³-hybridized carbons (Fsp3) is 0.667. The Morgan fingerprint density at radius 3 is 2.50 bits per heavy atom. The number of hydrogen-bond acceptors (Lipinski definition) is 4. The van der Waals surface area contributed by atoms with Crippen molar-refractivity contribution in [3.05, 3.63) is 0 Å². The van der Waals surface area contributed by atoms with E-state index in [4.69, 9.17) is 14.9 Å². The van der Waals surface area contributed by atoms with Gasteiger partial charge in [0.25, 0.3) is 0 Å². The lowest BCUT2D eigenvalue weighted by atomic mass is 10.1. The van der Waals surface area contributed by atoms with Crippen molar-refractivity contribution in [3.63, 3.8) is 0 Å². The smallest absolute Gasteiger partial charge is 0.326 e. The predicted molar refractivity (Wildman–Crippen MR) is 50.8 cm³/mol. The summed E-state index contributed by atoms with van der Waals surface area (Å²) in [7, 11) is 0. The Morgan fingerprint density at radius 2 is 2.06 bits per heavy atom. The molecule has 0 saturated carbocycles. The quantitative estimate of drug-likeness (QED) is 0.571. The molecule has 7 heteroatoms. The lowest BCUT2D eigenvalue weighted by Gasteiger charge is -2.15. The summed E-state index contributed by atoms with van der Waals surface area (Å²) >= 11 is 0. The molecule has 16 heavy (non-hydrogen) atoms. The number of rotatable bonds is 5. The van der Waals surface area contributed by atoms with E-state index in [0.29, 0.717) is 13.0 Å². The van der Waals surface area contributed by atoms with Crippen molar-refractivity contribution >= 4 is 17.8 Å². The van der Waals surface area contributed by atoms with Gasteiger partial charge in [-0.1, -0.05) is 0 Å². The third kappa shape index (κ3) is 3.50. The third-order valence-corrected chi connectivity index (χ3v) is 2.22. The maximum atomic E-state index is 11.4. The lowest BCUT2D eigenvalue weighted by Crippen LogP contribution is -2.46. The minimum Gasteiger partial charge on any atom is -0.481 e. The number of ether oxygens (including phenoxy) is 1. The monoisotopic (exact) mass is 231 g/mol. The van der Waals surface area contributed by atoms with Crippen molar-refractivity contribution in [1.29, 1.82) is 0 Å². The molecule has 0 bridgehead atoms. The van der Waals surface area contributed by atoms with Gasteiger partial charge in [-0.05, 0) is 12.8 Å². The Balaban J connectivity index is 2.50. The number of hydrogen-bond donors (Lipinski definition) is 3. The van der Waals surface area contributed by atoms with Crippen molar-refractivity contribution in [1.82, 2.24) is 5.32 Å². The summed E-state index contributed by atoms with van der Waals surface area (Å²) in [5.41, 5.74) is 0. The second-order valence-corrected chi connectivity index (χ2v) is 3.50. The third-order valence-electron chi connectivity index (χ3n) is 2.22. The molecular weight excluding hydrogens is 218 g/mol. The molecule has 0 aromatic rings. The van der Waals surface area contributed by atoms with Crippen molar-refractivity contribution in [2.45, 2.75) is 31.4 Å². The first-order valence-corrected chi connectivity index (χ1v) is 4.87. The first kappa shape index (κ1) is 12.4. The minimum absolute atomic E-state index is 0.467. The van der Waals surface area contributed by atoms with E-state index in [1.54, 1.807) is 0 Å². The average molecular weight is 231 g/mol. The van der Waals surface area contributed by atoms with Gasteiger partial charge in [0.05, 0.1) is 6.42 Å². The highest BCUT2D eigenvalue weighted by atomic mass is 16.5. The number of amides is 1. The standard InChI is InChI=1S/C9H13NO6/c11-7(12)4-5(9(14)15)10-8(13)6-2-1-3-16-6/h5-6H,1-4H2,(H,10,13)(H,11,12)(H,14,15)/t5-,6+/m1/s1. The first-order valence-electron chi connectivity index (χ1n) is 4.87. The first-order chi connectivity index (χ1) is 7.50. The van der Waals surface area contributed by atoms with Gasteiger partial charge in [-0.3, -0.25) is 9.59 Å². The summed E-state index contributed by atoms with van der Waals surface area (Å²) in [5, 5.41) is 19.3. The van der Waals surface area contributed by atoms with Gasteiger partial charge in [-0.15, -0.1) is 0 Å². The van der Waals surface area contributed by atoms with Crippen LogP contribution in [0.2, 0.25) is 0 Å². The van der Waals surface area contributed by atoms with Crippen LogP contribution in [0.25, 0.3) is 0 Å². The molecule has 90 valence electrons. The molecule has 1 aliphatic heterocycles. The van der Waals surface area contributed by atoms with Gasteiger partial charge in [0.1, 0.15) is 12.1 Å². The molecule has 0 aromatic carbocycles. The summed E-state index contributed by atoms with van der Waals surface area (Å²) in [4.78, 5) is 32.5. The van der Waals surface area contributed by atoms with Crippen molar-refractivity contribution in [3.8, 4) is 0 Å². The number of carboxylic acid groups (broad SMARTS) is 2. The van der Waals surface area contributed by atoms with E-state index in [9.17, 15) is 14.4 Å². The number of carboxylic acids is 2. The van der Waals surface area contributed by atoms with E-state index < -0.39 is 36.4 Å². The lowest BCUT2D eigenvalue weighted by molar-refractivity contribution is -0.148. The zero-order chi connectivity index (χ0) is 12.1. The normalized spacial score (nSPS) is 21.4. The molecule has 1 heterocycles. The van der Waals surface area contributed by atoms with Crippen LogP contribution in [-0.2, 0) is 19.1 Å². The van der Waals surface area contributed by atoms with E-state index >= 15 is 0 Å². The van der Waals surface area contributed by atoms with Gasteiger partial charge in [-0.25, -0.2) is 4.79 Å². The van der Waals surface area contributed by atoms with Gasteiger partial charge in [-0.2, -0.15) is 0 Å². The Labute approximate surface area is 91.4 Å². The van der Waals surface area contributed by atoms with Gasteiger partial charge in [0.2, 0.25) is 5.91 Å². The van der Waals surface area contributed by atoms with Crippen LogP contribution >= 0.6 is 0 Å². The summed E-state index contributed by atoms with van der Waals surface area (Å²) < 4.78 is 5.05. The van der Waals surface area contributed by atoms with Gasteiger partial charge < -0.3 is 20.3 Å². The van der Waals surface area contributed by atoms with Gasteiger partial charge >= 0.3 is 11.9 Å². The number of carbonyl (C=O) groups excluding carboxylic acids is 1. The molecule has 0 radical (unpaired) electrons. The molecule has 1 amide bonds. The SMILES string of the molecule is O=C(O)C[C@@H](NC(=O)[C@@H]1CCCO1)C(=O)O. The van der Waals surface area contributed by atoms with Crippen molar-refractivity contribution in [2.75, 3.05) is 6.61 Å². The maximum Gasteiger partial charge on any atom is 0.326 e. The fourth-order valence-corrected chi connectivity index (χ4v) is 1.42. The van der Waals surface area contributed by atoms with Crippen LogP contribution in [0.15, 0.2) is 0 Å². The van der Waals surface area contributed by atoms with E-state index in [1.165, 1.54) is 0 Å². The fourth-order valence-electron chi connectivity index (χ4n) is 1.42. The van der Waals surface area contributed by atoms with Crippen molar-refractivity contribution in [2.24, 2.45) is 0 Å². The van der Waals surface area contributed by atoms with Gasteiger partial charge in [0, 0.05) is 6.61 Å². The van der Waals surface area contributed by atoms with Crippen LogP contribution in [0.3, 0.4) is 0 Å². The van der Waals surface area contributed by atoms with E-state index in [-0.39, 0.29) is 0 Å². The summed E-state index contributed by atoms with van der Waals surface area (Å²) in [6.45, 7) is 0.467. The van der Waals surface area contributed by atoms with Crippen LogP contribution in [0.5, 0.6) is 0 Å². The number of carbonyl (C=O) groups is 3. The molecule has 0 unspecified atom stereocenters. The highest BCUT2D eigenvalue weighted by molar-refractivity contribution is 5.88. The number of nitrogens with one attached hydrogen (secondary N) is 1. The highest BCUT2D eigenvalue weighted by Crippen LogP contribution is 2.12. The molecular formula is C9H13NO6. The zero-order valence-electron chi connectivity index (χ0n) is 8.51. The van der Waals surface area contributed by atoms with Crippen molar-refractivity contribution < 1.29 is 29.3 Å². The highest BCUT2D eigenvalue weighted by Gasteiger charge is 2.29. The molecule has 0 aliphatic carbocycles. The summed E-state index contributed by atoms with van der Waals surface area (Å²) in [6, 6.07) is -1.41.